The van der Waals surface area contributed by atoms with Crippen molar-refractivity contribution in [1.29, 1.82) is 0 Å². The molecule has 0 spiro atoms. The van der Waals surface area contributed by atoms with Crippen LogP contribution in [-0.4, -0.2) is 42.7 Å². The lowest BCUT2D eigenvalue weighted by Crippen LogP contribution is -2.34. The number of nitrogens with one attached hydrogen (secondary N) is 1. The van der Waals surface area contributed by atoms with Crippen molar-refractivity contribution in [3.05, 3.63) is 74.6 Å². The van der Waals surface area contributed by atoms with Crippen LogP contribution in [0.2, 0.25) is 0 Å². The summed E-state index contributed by atoms with van der Waals surface area (Å²) in [4.78, 5) is 46.9. The third-order valence-electron chi connectivity index (χ3n) is 5.10. The van der Waals surface area contributed by atoms with E-state index in [4.69, 9.17) is 18.6 Å². The number of hydrogen-bond donors (Lipinski definition) is 1. The Bertz CT molecular complexity index is 1280. The number of rotatable bonds is 8. The van der Waals surface area contributed by atoms with Crippen molar-refractivity contribution in [2.24, 2.45) is 0 Å². The summed E-state index contributed by atoms with van der Waals surface area (Å²) in [5.74, 6) is -0.906. The Morgan fingerprint density at radius 3 is 2.59 bits per heavy atom. The van der Waals surface area contributed by atoms with E-state index < -0.39 is 29.0 Å². The van der Waals surface area contributed by atoms with E-state index in [0.29, 0.717) is 18.5 Å². The van der Waals surface area contributed by atoms with Crippen molar-refractivity contribution in [3.63, 3.8) is 0 Å². The summed E-state index contributed by atoms with van der Waals surface area (Å²) < 4.78 is 21.1. The van der Waals surface area contributed by atoms with Gasteiger partial charge in [0.1, 0.15) is 22.6 Å². The Balaban J connectivity index is 1.37. The van der Waals surface area contributed by atoms with Crippen molar-refractivity contribution in [1.82, 2.24) is 5.32 Å². The molecular formula is C23H20N2O9. The van der Waals surface area contributed by atoms with Gasteiger partial charge in [0.2, 0.25) is 0 Å². The Labute approximate surface area is 192 Å². The van der Waals surface area contributed by atoms with Gasteiger partial charge >= 0.3 is 11.6 Å². The number of nitro benzene ring substituents is 1. The maximum absolute atomic E-state index is 12.4. The zero-order chi connectivity index (χ0) is 24.1. The zero-order valence-electron chi connectivity index (χ0n) is 17.9. The van der Waals surface area contributed by atoms with Crippen molar-refractivity contribution in [2.75, 3.05) is 19.8 Å². The fourth-order valence-electron chi connectivity index (χ4n) is 3.39. The molecule has 1 fully saturated rings. The van der Waals surface area contributed by atoms with E-state index in [-0.39, 0.29) is 34.4 Å². The highest BCUT2D eigenvalue weighted by Gasteiger charge is 2.19. The van der Waals surface area contributed by atoms with Crippen LogP contribution in [0.3, 0.4) is 0 Å². The van der Waals surface area contributed by atoms with Gasteiger partial charge in [-0.1, -0.05) is 0 Å². The van der Waals surface area contributed by atoms with Gasteiger partial charge in [0.15, 0.2) is 6.61 Å². The molecule has 2 aromatic carbocycles. The summed E-state index contributed by atoms with van der Waals surface area (Å²) in [5.41, 5.74) is -0.910. The molecule has 11 heteroatoms. The van der Waals surface area contributed by atoms with Gasteiger partial charge in [-0.15, -0.1) is 0 Å². The van der Waals surface area contributed by atoms with Gasteiger partial charge in [-0.25, -0.2) is 9.59 Å². The summed E-state index contributed by atoms with van der Waals surface area (Å²) in [7, 11) is 0. The number of amides is 1. The highest BCUT2D eigenvalue weighted by atomic mass is 16.6. The first-order valence-electron chi connectivity index (χ1n) is 10.4. The molecule has 0 radical (unpaired) electrons. The van der Waals surface area contributed by atoms with Crippen LogP contribution in [0.15, 0.2) is 57.7 Å². The van der Waals surface area contributed by atoms with Gasteiger partial charge in [0.05, 0.1) is 11.0 Å². The van der Waals surface area contributed by atoms with E-state index in [2.05, 4.69) is 5.32 Å². The van der Waals surface area contributed by atoms with Gasteiger partial charge in [-0.05, 0) is 43.2 Å². The van der Waals surface area contributed by atoms with E-state index in [1.54, 1.807) is 6.07 Å². The predicted octanol–water partition coefficient (Wildman–Crippen LogP) is 2.59. The fourth-order valence-corrected chi connectivity index (χ4v) is 3.39. The molecule has 1 N–H and O–H groups in total. The molecule has 34 heavy (non-hydrogen) atoms. The topological polar surface area (TPSA) is 147 Å². The van der Waals surface area contributed by atoms with E-state index in [0.717, 1.165) is 12.8 Å². The Kier molecular flexibility index (Phi) is 6.83. The van der Waals surface area contributed by atoms with Gasteiger partial charge in [-0.2, -0.15) is 0 Å². The lowest BCUT2D eigenvalue weighted by molar-refractivity contribution is -0.384. The number of carbonyl (C=O) groups is 2. The van der Waals surface area contributed by atoms with Crippen LogP contribution in [0, 0.1) is 10.1 Å². The number of nitrogens with zero attached hydrogens (tertiary/aromatic N) is 1. The number of non-ortho nitro benzene ring substituents is 1. The van der Waals surface area contributed by atoms with Crippen LogP contribution in [0.5, 0.6) is 11.5 Å². The van der Waals surface area contributed by atoms with Crippen LogP contribution in [0.1, 0.15) is 23.2 Å². The summed E-state index contributed by atoms with van der Waals surface area (Å²) in [6, 6.07) is 11.0. The van der Waals surface area contributed by atoms with Crippen LogP contribution in [0.25, 0.3) is 11.0 Å². The van der Waals surface area contributed by atoms with Crippen LogP contribution in [0.4, 0.5) is 5.69 Å². The number of fused-ring (bicyclic) bond motifs is 1. The molecule has 0 aliphatic carbocycles. The molecule has 0 bridgehead atoms. The monoisotopic (exact) mass is 468 g/mol. The molecule has 11 nitrogen and oxygen atoms in total. The molecule has 1 amide bonds. The molecule has 1 aromatic heterocycles. The summed E-state index contributed by atoms with van der Waals surface area (Å²) in [6.07, 6.45) is 1.74. The Hall–Kier alpha value is -4.25. The lowest BCUT2D eigenvalue weighted by Gasteiger charge is -2.10. The third kappa shape index (κ3) is 5.56. The predicted molar refractivity (Wildman–Crippen MR) is 118 cm³/mol. The first kappa shape index (κ1) is 22.9. The van der Waals surface area contributed by atoms with Crippen LogP contribution in [-0.2, 0) is 9.53 Å². The van der Waals surface area contributed by atoms with Gasteiger partial charge in [-0.3, -0.25) is 14.9 Å². The first-order valence-corrected chi connectivity index (χ1v) is 10.4. The Morgan fingerprint density at radius 2 is 1.88 bits per heavy atom. The second-order valence-electron chi connectivity index (χ2n) is 7.51. The molecular weight excluding hydrogens is 448 g/mol. The van der Waals surface area contributed by atoms with Crippen molar-refractivity contribution < 1.29 is 33.1 Å². The second-order valence-corrected chi connectivity index (χ2v) is 7.51. The number of esters is 1. The maximum atomic E-state index is 12.4. The van der Waals surface area contributed by atoms with Crippen molar-refractivity contribution in [3.8, 4) is 11.5 Å². The summed E-state index contributed by atoms with van der Waals surface area (Å²) in [6.45, 7) is 0.533. The molecule has 1 aliphatic rings. The number of hydrogen-bond acceptors (Lipinski definition) is 9. The molecule has 1 atom stereocenters. The van der Waals surface area contributed by atoms with Crippen LogP contribution >= 0.6 is 0 Å². The van der Waals surface area contributed by atoms with E-state index in [1.807, 2.05) is 0 Å². The van der Waals surface area contributed by atoms with Gasteiger partial charge < -0.3 is 23.9 Å². The second kappa shape index (κ2) is 10.1. The lowest BCUT2D eigenvalue weighted by atomic mass is 10.1. The minimum absolute atomic E-state index is 0.0573. The average Bonchev–Trinajstić information content (AvgIpc) is 3.35. The molecule has 1 aliphatic heterocycles. The third-order valence-corrected chi connectivity index (χ3v) is 5.10. The number of carbonyl (C=O) groups excluding carboxylic acids is 2. The molecule has 176 valence electrons. The van der Waals surface area contributed by atoms with E-state index in [1.165, 1.54) is 42.5 Å². The largest absolute Gasteiger partial charge is 0.482 e. The van der Waals surface area contributed by atoms with Crippen LogP contribution < -0.4 is 20.4 Å². The first-order chi connectivity index (χ1) is 16.4. The SMILES string of the molecule is O=C(COc1ccc([N+](=O)[O-])cc1)Oc1ccc2cc(C(=O)NCC3CCCO3)c(=O)oc2c1. The molecule has 2 heterocycles. The van der Waals surface area contributed by atoms with E-state index in [9.17, 15) is 24.5 Å². The van der Waals surface area contributed by atoms with Gasteiger partial charge in [0, 0.05) is 36.7 Å². The van der Waals surface area contributed by atoms with Gasteiger partial charge in [0.25, 0.3) is 11.6 Å². The minimum atomic E-state index is -0.817. The zero-order valence-corrected chi connectivity index (χ0v) is 17.9. The maximum Gasteiger partial charge on any atom is 0.349 e. The number of benzene rings is 2. The molecule has 0 saturated carbocycles. The average molecular weight is 468 g/mol. The highest BCUT2D eigenvalue weighted by Crippen LogP contribution is 2.21. The number of nitro groups is 1. The van der Waals surface area contributed by atoms with E-state index >= 15 is 0 Å². The Morgan fingerprint density at radius 1 is 1.12 bits per heavy atom. The minimum Gasteiger partial charge on any atom is -0.482 e. The quantitative estimate of drug-likeness (QED) is 0.173. The fraction of sp³-hybridized carbons (Fsp3) is 0.261. The highest BCUT2D eigenvalue weighted by molar-refractivity contribution is 5.96. The number of ether oxygens (including phenoxy) is 3. The van der Waals surface area contributed by atoms with Crippen molar-refractivity contribution in [2.45, 2.75) is 18.9 Å². The summed E-state index contributed by atoms with van der Waals surface area (Å²) in [5, 5.41) is 13.8. The molecule has 3 aromatic rings. The standard InChI is InChI=1S/C23H20N2O9/c26-21(13-32-16-7-4-15(5-8-16)25(29)30)33-17-6-3-14-10-19(23(28)34-20(14)11-17)22(27)24-12-18-2-1-9-31-18/h3-8,10-11,18H,1-2,9,12-13H2,(H,24,27). The summed E-state index contributed by atoms with van der Waals surface area (Å²) >= 11 is 0. The molecule has 1 saturated heterocycles. The normalized spacial score (nSPS) is 15.1. The molecule has 4 rings (SSSR count). The smallest absolute Gasteiger partial charge is 0.349 e. The molecule has 1 unspecified atom stereocenters. The van der Waals surface area contributed by atoms with Crippen molar-refractivity contribution >= 4 is 28.5 Å².